The lowest BCUT2D eigenvalue weighted by atomic mass is 10.4. The number of hydrogen-bond acceptors (Lipinski definition) is 3. The van der Waals surface area contributed by atoms with E-state index in [9.17, 15) is 4.79 Å². The molecule has 0 aliphatic rings. The summed E-state index contributed by atoms with van der Waals surface area (Å²) in [5.74, 6) is 0.533. The van der Waals surface area contributed by atoms with Crippen LogP contribution in [-0.4, -0.2) is 18.1 Å². The third kappa shape index (κ3) is 3.89. The number of thiol groups is 1. The Hall–Kier alpha value is -0.280. The van der Waals surface area contributed by atoms with E-state index in [0.29, 0.717) is 5.75 Å². The summed E-state index contributed by atoms with van der Waals surface area (Å²) >= 11 is 3.85. The number of hydrogen-bond donors (Lipinski definition) is 2. The van der Waals surface area contributed by atoms with Crippen LogP contribution in [0.3, 0.4) is 0 Å². The Morgan fingerprint density at radius 2 is 2.38 bits per heavy atom. The normalized spacial score (nSPS) is 10.2. The van der Waals surface area contributed by atoms with Crippen molar-refractivity contribution >= 4 is 18.4 Å². The molecule has 2 N–H and O–H groups in total. The molecule has 0 aromatic carbocycles. The van der Waals surface area contributed by atoms with Crippen LogP contribution in [0, 0.1) is 0 Å². The highest BCUT2D eigenvalue weighted by Crippen LogP contribution is 1.77. The van der Waals surface area contributed by atoms with E-state index in [1.807, 2.05) is 0 Å². The second-order valence-electron chi connectivity index (χ2n) is 1.26. The Kier molecular flexibility index (Phi) is 4.70. The molecule has 0 amide bonds. The fourth-order valence-electron chi connectivity index (χ4n) is 0.252. The van der Waals surface area contributed by atoms with E-state index in [1.54, 1.807) is 6.08 Å². The van der Waals surface area contributed by atoms with Gasteiger partial charge in [0, 0.05) is 5.75 Å². The summed E-state index contributed by atoms with van der Waals surface area (Å²) in [5.41, 5.74) is 4.99. The summed E-state index contributed by atoms with van der Waals surface area (Å²) in [6.07, 6.45) is 3.10. The van der Waals surface area contributed by atoms with Crippen molar-refractivity contribution in [2.24, 2.45) is 5.73 Å². The first-order chi connectivity index (χ1) is 3.81. The molecule has 0 aromatic heterocycles. The molecule has 0 aliphatic heterocycles. The second kappa shape index (κ2) is 4.87. The molecule has 3 heteroatoms. The van der Waals surface area contributed by atoms with Gasteiger partial charge >= 0.3 is 0 Å². The number of carbonyl (C=O) groups is 1. The summed E-state index contributed by atoms with van der Waals surface area (Å²) in [4.78, 5) is 10.3. The molecule has 0 fully saturated rings. The molecule has 0 rings (SSSR count). The van der Waals surface area contributed by atoms with Crippen LogP contribution in [0.5, 0.6) is 0 Å². The van der Waals surface area contributed by atoms with Gasteiger partial charge in [-0.05, 0) is 6.08 Å². The monoisotopic (exact) mass is 131 g/mol. The smallest absolute Gasteiger partial charge is 0.168 e. The van der Waals surface area contributed by atoms with E-state index < -0.39 is 0 Å². The lowest BCUT2D eigenvalue weighted by Crippen LogP contribution is -2.09. The molecule has 0 saturated carbocycles. The topological polar surface area (TPSA) is 43.1 Å². The van der Waals surface area contributed by atoms with Crippen LogP contribution in [0.2, 0.25) is 0 Å². The van der Waals surface area contributed by atoms with Crippen molar-refractivity contribution in [1.29, 1.82) is 0 Å². The summed E-state index contributed by atoms with van der Waals surface area (Å²) in [7, 11) is 0. The van der Waals surface area contributed by atoms with Crippen molar-refractivity contribution in [1.82, 2.24) is 0 Å². The van der Waals surface area contributed by atoms with Crippen LogP contribution >= 0.6 is 12.6 Å². The maximum atomic E-state index is 10.3. The zero-order valence-electron chi connectivity index (χ0n) is 4.50. The number of carbonyl (C=O) groups excluding carboxylic acids is 1. The van der Waals surface area contributed by atoms with Crippen molar-refractivity contribution in [3.63, 3.8) is 0 Å². The number of ketones is 1. The fraction of sp³-hybridized carbons (Fsp3) is 0.400. The third-order valence-electron chi connectivity index (χ3n) is 0.610. The van der Waals surface area contributed by atoms with Gasteiger partial charge < -0.3 is 5.73 Å². The molecular formula is C5H9NOS. The minimum atomic E-state index is -0.0564. The molecule has 2 nitrogen and oxygen atoms in total. The minimum Gasteiger partial charge on any atom is -0.324 e. The molecule has 0 heterocycles. The average Bonchev–Trinajstić information content (AvgIpc) is 1.83. The molecule has 46 valence electrons. The van der Waals surface area contributed by atoms with Gasteiger partial charge in [-0.15, -0.1) is 0 Å². The zero-order valence-corrected chi connectivity index (χ0v) is 5.40. The first-order valence-corrected chi connectivity index (χ1v) is 2.94. The second-order valence-corrected chi connectivity index (χ2v) is 1.62. The van der Waals surface area contributed by atoms with Crippen molar-refractivity contribution in [3.05, 3.63) is 12.2 Å². The van der Waals surface area contributed by atoms with Gasteiger partial charge in [-0.1, -0.05) is 6.08 Å². The summed E-state index contributed by atoms with van der Waals surface area (Å²) in [6, 6.07) is 0. The van der Waals surface area contributed by atoms with Crippen LogP contribution in [0.4, 0.5) is 0 Å². The molecule has 0 radical (unpaired) electrons. The Morgan fingerprint density at radius 1 is 1.75 bits per heavy atom. The van der Waals surface area contributed by atoms with Crippen LogP contribution < -0.4 is 5.73 Å². The molecule has 0 spiro atoms. The van der Waals surface area contributed by atoms with Gasteiger partial charge in [-0.25, -0.2) is 0 Å². The average molecular weight is 131 g/mol. The predicted molar refractivity (Wildman–Crippen MR) is 37.1 cm³/mol. The summed E-state index contributed by atoms with van der Waals surface area (Å²) < 4.78 is 0. The Morgan fingerprint density at radius 3 is 2.75 bits per heavy atom. The van der Waals surface area contributed by atoms with Crippen LogP contribution in [0.25, 0.3) is 0 Å². The third-order valence-corrected chi connectivity index (χ3v) is 0.821. The van der Waals surface area contributed by atoms with E-state index in [2.05, 4.69) is 12.6 Å². The van der Waals surface area contributed by atoms with E-state index >= 15 is 0 Å². The highest BCUT2D eigenvalue weighted by atomic mass is 32.1. The highest BCUT2D eigenvalue weighted by Gasteiger charge is 1.85. The molecule has 0 aliphatic carbocycles. The molecule has 0 aromatic rings. The lowest BCUT2D eigenvalue weighted by Gasteiger charge is -1.81. The van der Waals surface area contributed by atoms with Crippen molar-refractivity contribution in [3.8, 4) is 0 Å². The first kappa shape index (κ1) is 7.72. The van der Waals surface area contributed by atoms with Crippen molar-refractivity contribution in [2.75, 3.05) is 12.3 Å². The van der Waals surface area contributed by atoms with Crippen LogP contribution in [-0.2, 0) is 4.79 Å². The maximum absolute atomic E-state index is 10.3. The van der Waals surface area contributed by atoms with Gasteiger partial charge in [0.1, 0.15) is 0 Å². The van der Waals surface area contributed by atoms with Gasteiger partial charge in [0.05, 0.1) is 6.54 Å². The van der Waals surface area contributed by atoms with Gasteiger partial charge in [0.25, 0.3) is 0 Å². The molecule has 8 heavy (non-hydrogen) atoms. The highest BCUT2D eigenvalue weighted by molar-refractivity contribution is 7.80. The van der Waals surface area contributed by atoms with Gasteiger partial charge in [-0.2, -0.15) is 12.6 Å². The quantitative estimate of drug-likeness (QED) is 0.418. The van der Waals surface area contributed by atoms with Gasteiger partial charge in [-0.3, -0.25) is 4.79 Å². The lowest BCUT2D eigenvalue weighted by molar-refractivity contribution is -0.113. The van der Waals surface area contributed by atoms with E-state index in [-0.39, 0.29) is 12.3 Å². The summed E-state index contributed by atoms with van der Waals surface area (Å²) in [6.45, 7) is 0.0876. The SMILES string of the molecule is NCC(=O)C=CCS. The van der Waals surface area contributed by atoms with Gasteiger partial charge in [0.2, 0.25) is 0 Å². The number of nitrogens with two attached hydrogens (primary N) is 1. The molecule has 0 bridgehead atoms. The van der Waals surface area contributed by atoms with Crippen molar-refractivity contribution in [2.45, 2.75) is 0 Å². The number of rotatable bonds is 3. The molecule has 0 saturated heterocycles. The minimum absolute atomic E-state index is 0.0564. The Labute approximate surface area is 54.2 Å². The fourth-order valence-corrected chi connectivity index (χ4v) is 0.358. The first-order valence-electron chi connectivity index (χ1n) is 2.31. The van der Waals surface area contributed by atoms with E-state index in [1.165, 1.54) is 6.08 Å². The van der Waals surface area contributed by atoms with E-state index in [4.69, 9.17) is 5.73 Å². The zero-order chi connectivity index (χ0) is 6.41. The predicted octanol–water partition coefficient (Wildman–Crippen LogP) is 0.000200. The Bertz CT molecular complexity index is 101. The largest absolute Gasteiger partial charge is 0.324 e. The van der Waals surface area contributed by atoms with Crippen molar-refractivity contribution < 1.29 is 4.79 Å². The van der Waals surface area contributed by atoms with Gasteiger partial charge in [0.15, 0.2) is 5.78 Å². The standard InChI is InChI=1S/C5H9NOS/c6-4-5(7)2-1-3-8/h1-2,8H,3-4,6H2. The van der Waals surface area contributed by atoms with E-state index in [0.717, 1.165) is 0 Å². The van der Waals surface area contributed by atoms with Crippen LogP contribution in [0.1, 0.15) is 0 Å². The maximum Gasteiger partial charge on any atom is 0.168 e. The Balaban J connectivity index is 3.37. The summed E-state index contributed by atoms with van der Waals surface area (Å²) in [5, 5.41) is 0. The molecule has 0 unspecified atom stereocenters. The molecule has 0 atom stereocenters. The molecular weight excluding hydrogens is 122 g/mol. The van der Waals surface area contributed by atoms with Crippen LogP contribution in [0.15, 0.2) is 12.2 Å².